The van der Waals surface area contributed by atoms with Crippen LogP contribution in [0.3, 0.4) is 0 Å². The minimum atomic E-state index is -0.755. The van der Waals surface area contributed by atoms with Crippen LogP contribution in [0.5, 0.6) is 0 Å². The molecule has 2 rings (SSSR count). The zero-order valence-corrected chi connectivity index (χ0v) is 14.5. The van der Waals surface area contributed by atoms with E-state index in [1.807, 2.05) is 33.9 Å². The molecule has 0 spiro atoms. The van der Waals surface area contributed by atoms with Crippen molar-refractivity contribution < 1.29 is 9.50 Å². The van der Waals surface area contributed by atoms with Gasteiger partial charge in [-0.25, -0.2) is 9.07 Å². The van der Waals surface area contributed by atoms with Gasteiger partial charge in [-0.2, -0.15) is 5.10 Å². The fourth-order valence-electron chi connectivity index (χ4n) is 2.36. The minimum Gasteiger partial charge on any atom is -0.389 e. The maximum Gasteiger partial charge on any atom is 0.123 e. The molecule has 0 bridgehead atoms. The van der Waals surface area contributed by atoms with Gasteiger partial charge in [-0.05, 0) is 51.0 Å². The number of nitrogens with zero attached hydrogens (tertiary/aromatic N) is 2. The Bertz CT molecular complexity index is 647. The second kappa shape index (κ2) is 6.81. The third-order valence-electron chi connectivity index (χ3n) is 4.60. The maximum absolute atomic E-state index is 13.1. The van der Waals surface area contributed by atoms with Crippen molar-refractivity contribution in [1.82, 2.24) is 15.1 Å². The van der Waals surface area contributed by atoms with Crippen LogP contribution >= 0.6 is 0 Å². The van der Waals surface area contributed by atoms with Crippen molar-refractivity contribution in [3.8, 4) is 5.69 Å². The summed E-state index contributed by atoms with van der Waals surface area (Å²) in [5.41, 5.74) is 2.14. The number of aromatic nitrogens is 2. The first-order valence-corrected chi connectivity index (χ1v) is 7.98. The molecule has 0 aliphatic rings. The van der Waals surface area contributed by atoms with Gasteiger partial charge in [-0.15, -0.1) is 0 Å². The molecular formula is C18H26FN3O. The van der Waals surface area contributed by atoms with Gasteiger partial charge in [0.2, 0.25) is 0 Å². The molecule has 4 nitrogen and oxygen atoms in total. The lowest BCUT2D eigenvalue weighted by Gasteiger charge is -2.29. The lowest BCUT2D eigenvalue weighted by Crippen LogP contribution is -2.43. The summed E-state index contributed by atoms with van der Waals surface area (Å²) in [6, 6.07) is 6.34. The summed E-state index contributed by atoms with van der Waals surface area (Å²) >= 11 is 0. The molecule has 0 fully saturated rings. The van der Waals surface area contributed by atoms with E-state index in [4.69, 9.17) is 0 Å². The Kier molecular flexibility index (Phi) is 5.22. The summed E-state index contributed by atoms with van der Waals surface area (Å²) < 4.78 is 14.8. The van der Waals surface area contributed by atoms with Gasteiger partial charge in [-0.1, -0.05) is 13.8 Å². The average Bonchev–Trinajstić information content (AvgIpc) is 2.87. The van der Waals surface area contributed by atoms with Crippen LogP contribution in [0.2, 0.25) is 0 Å². The molecular weight excluding hydrogens is 293 g/mol. The van der Waals surface area contributed by atoms with Crippen LogP contribution in [0.25, 0.3) is 5.69 Å². The Morgan fingerprint density at radius 3 is 2.43 bits per heavy atom. The summed E-state index contributed by atoms with van der Waals surface area (Å²) in [4.78, 5) is 0. The number of benzene rings is 1. The number of hydrogen-bond donors (Lipinski definition) is 2. The third kappa shape index (κ3) is 3.98. The zero-order chi connectivity index (χ0) is 17.2. The largest absolute Gasteiger partial charge is 0.389 e. The normalized spacial score (nSPS) is 15.7. The van der Waals surface area contributed by atoms with Crippen LogP contribution in [-0.2, 0) is 0 Å². The molecule has 0 saturated carbocycles. The molecule has 0 radical (unpaired) electrons. The minimum absolute atomic E-state index is 0.0643. The van der Waals surface area contributed by atoms with Crippen molar-refractivity contribution in [2.24, 2.45) is 5.92 Å². The Morgan fingerprint density at radius 2 is 1.87 bits per heavy atom. The van der Waals surface area contributed by atoms with Gasteiger partial charge in [0.1, 0.15) is 5.82 Å². The van der Waals surface area contributed by atoms with E-state index < -0.39 is 5.60 Å². The quantitative estimate of drug-likeness (QED) is 0.858. The second-order valence-corrected chi connectivity index (χ2v) is 6.69. The molecule has 23 heavy (non-hydrogen) atoms. The predicted octanol–water partition coefficient (Wildman–Crippen LogP) is 3.38. The highest BCUT2D eigenvalue weighted by molar-refractivity contribution is 5.35. The summed E-state index contributed by atoms with van der Waals surface area (Å²) in [6.45, 7) is 10.4. The molecule has 126 valence electrons. The number of rotatable bonds is 6. The smallest absolute Gasteiger partial charge is 0.123 e. The van der Waals surface area contributed by atoms with Gasteiger partial charge in [0, 0.05) is 23.8 Å². The van der Waals surface area contributed by atoms with Crippen LogP contribution in [0.15, 0.2) is 30.5 Å². The second-order valence-electron chi connectivity index (χ2n) is 6.69. The van der Waals surface area contributed by atoms with Crippen LogP contribution in [0.4, 0.5) is 4.39 Å². The molecule has 5 heteroatoms. The molecule has 2 aromatic rings. The van der Waals surface area contributed by atoms with E-state index in [9.17, 15) is 9.50 Å². The molecule has 1 heterocycles. The third-order valence-corrected chi connectivity index (χ3v) is 4.60. The Hall–Kier alpha value is -1.72. The number of hydrogen-bond acceptors (Lipinski definition) is 3. The van der Waals surface area contributed by atoms with E-state index in [-0.39, 0.29) is 17.8 Å². The molecule has 2 N–H and O–H groups in total. The highest BCUT2D eigenvalue weighted by Crippen LogP contribution is 2.22. The fraction of sp³-hybridized carbons (Fsp3) is 0.500. The van der Waals surface area contributed by atoms with Gasteiger partial charge < -0.3 is 10.4 Å². The maximum atomic E-state index is 13.1. The molecule has 2 atom stereocenters. The SMILES string of the molecule is Cc1c(C(C)NCC(C)(O)C(C)C)cnn1-c1ccc(F)cc1. The van der Waals surface area contributed by atoms with E-state index in [0.29, 0.717) is 6.54 Å². The Labute approximate surface area is 137 Å². The first kappa shape index (κ1) is 17.6. The number of nitrogens with one attached hydrogen (secondary N) is 1. The van der Waals surface area contributed by atoms with Gasteiger partial charge in [-0.3, -0.25) is 0 Å². The van der Waals surface area contributed by atoms with E-state index >= 15 is 0 Å². The predicted molar refractivity (Wildman–Crippen MR) is 90.1 cm³/mol. The van der Waals surface area contributed by atoms with E-state index in [0.717, 1.165) is 16.9 Å². The van der Waals surface area contributed by atoms with Crippen molar-refractivity contribution in [1.29, 1.82) is 0 Å². The van der Waals surface area contributed by atoms with Gasteiger partial charge in [0.05, 0.1) is 17.5 Å². The summed E-state index contributed by atoms with van der Waals surface area (Å²) in [6.07, 6.45) is 1.82. The van der Waals surface area contributed by atoms with Crippen LogP contribution < -0.4 is 5.32 Å². The lowest BCUT2D eigenvalue weighted by atomic mass is 9.92. The standard InChI is InChI=1S/C18H26FN3O/c1-12(2)18(5,23)11-20-13(3)17-10-21-22(14(17)4)16-8-6-15(19)7-9-16/h6-10,12-13,20,23H,11H2,1-5H3. The van der Waals surface area contributed by atoms with Crippen LogP contribution in [-0.4, -0.2) is 27.0 Å². The highest BCUT2D eigenvalue weighted by atomic mass is 19.1. The van der Waals surface area contributed by atoms with Crippen molar-refractivity contribution in [3.05, 3.63) is 47.5 Å². The Balaban J connectivity index is 2.14. The summed E-state index contributed by atoms with van der Waals surface area (Å²) in [5, 5.41) is 18.1. The average molecular weight is 319 g/mol. The summed E-state index contributed by atoms with van der Waals surface area (Å²) in [7, 11) is 0. The van der Waals surface area contributed by atoms with Crippen molar-refractivity contribution in [2.45, 2.75) is 46.3 Å². The van der Waals surface area contributed by atoms with Crippen molar-refractivity contribution >= 4 is 0 Å². The van der Waals surface area contributed by atoms with Gasteiger partial charge >= 0.3 is 0 Å². The fourth-order valence-corrected chi connectivity index (χ4v) is 2.36. The molecule has 0 aliphatic heterocycles. The van der Waals surface area contributed by atoms with Crippen LogP contribution in [0.1, 0.15) is 45.0 Å². The first-order valence-electron chi connectivity index (χ1n) is 7.98. The monoisotopic (exact) mass is 319 g/mol. The number of halogens is 1. The summed E-state index contributed by atoms with van der Waals surface area (Å²) in [5.74, 6) is -0.0880. The zero-order valence-electron chi connectivity index (χ0n) is 14.5. The molecule has 0 saturated heterocycles. The van der Waals surface area contributed by atoms with Gasteiger partial charge in [0.15, 0.2) is 0 Å². The molecule has 0 aliphatic carbocycles. The van der Waals surface area contributed by atoms with E-state index in [2.05, 4.69) is 17.3 Å². The van der Waals surface area contributed by atoms with E-state index in [1.54, 1.807) is 16.8 Å². The van der Waals surface area contributed by atoms with E-state index in [1.165, 1.54) is 12.1 Å². The molecule has 1 aromatic carbocycles. The van der Waals surface area contributed by atoms with Gasteiger partial charge in [0.25, 0.3) is 0 Å². The van der Waals surface area contributed by atoms with Crippen molar-refractivity contribution in [2.75, 3.05) is 6.54 Å². The van der Waals surface area contributed by atoms with Crippen LogP contribution in [0, 0.1) is 18.7 Å². The number of aliphatic hydroxyl groups is 1. The lowest BCUT2D eigenvalue weighted by molar-refractivity contribution is 0.0122. The topological polar surface area (TPSA) is 50.1 Å². The molecule has 2 unspecified atom stereocenters. The first-order chi connectivity index (χ1) is 10.7. The molecule has 1 aromatic heterocycles. The molecule has 0 amide bonds. The highest BCUT2D eigenvalue weighted by Gasteiger charge is 2.26. The Morgan fingerprint density at radius 1 is 1.26 bits per heavy atom. The van der Waals surface area contributed by atoms with Crippen molar-refractivity contribution in [3.63, 3.8) is 0 Å².